The van der Waals surface area contributed by atoms with E-state index in [0.717, 1.165) is 0 Å². The molecule has 0 amide bonds. The van der Waals surface area contributed by atoms with Crippen LogP contribution in [0.4, 0.5) is 4.48 Å². The van der Waals surface area contributed by atoms with Gasteiger partial charge in [0, 0.05) is 6.54 Å². The van der Waals surface area contributed by atoms with Crippen LogP contribution < -0.4 is 0 Å². The van der Waals surface area contributed by atoms with Crippen LogP contribution in [0.25, 0.3) is 0 Å². The van der Waals surface area contributed by atoms with E-state index < -0.39 is 15.2 Å². The van der Waals surface area contributed by atoms with Crippen LogP contribution in [0.5, 0.6) is 0 Å². The van der Waals surface area contributed by atoms with Crippen LogP contribution in [0, 0.1) is 0 Å². The summed E-state index contributed by atoms with van der Waals surface area (Å²) in [5.41, 5.74) is 0. The SMILES string of the molecule is CCCN(F)S(=O)(=O)CCl. The van der Waals surface area contributed by atoms with Gasteiger partial charge < -0.3 is 0 Å². The third-order valence-electron chi connectivity index (χ3n) is 0.839. The highest BCUT2D eigenvalue weighted by Gasteiger charge is 2.18. The Kier molecular flexibility index (Phi) is 4.15. The second kappa shape index (κ2) is 4.10. The van der Waals surface area contributed by atoms with Crippen LogP contribution in [0.15, 0.2) is 0 Å². The van der Waals surface area contributed by atoms with E-state index in [1.54, 1.807) is 6.92 Å². The second-order valence-corrected chi connectivity index (χ2v) is 4.17. The molecular weight excluding hydrogens is 181 g/mol. The first kappa shape index (κ1) is 10.1. The van der Waals surface area contributed by atoms with E-state index in [0.29, 0.717) is 6.42 Å². The first-order valence-electron chi connectivity index (χ1n) is 2.76. The molecule has 0 saturated carbocycles. The third kappa shape index (κ3) is 2.81. The Bertz CT molecular complexity index is 182. The molecule has 0 atom stereocenters. The van der Waals surface area contributed by atoms with Gasteiger partial charge in [0.25, 0.3) is 10.0 Å². The van der Waals surface area contributed by atoms with E-state index in [-0.39, 0.29) is 11.1 Å². The molecular formula is C4H9ClFNO2S. The Labute approximate surface area is 64.8 Å². The quantitative estimate of drug-likeness (QED) is 0.491. The summed E-state index contributed by atoms with van der Waals surface area (Å²) >= 11 is 4.95. The van der Waals surface area contributed by atoms with Gasteiger partial charge in [0.05, 0.1) is 0 Å². The Morgan fingerprint density at radius 2 is 2.10 bits per heavy atom. The lowest BCUT2D eigenvalue weighted by Crippen LogP contribution is -2.24. The topological polar surface area (TPSA) is 37.4 Å². The van der Waals surface area contributed by atoms with Gasteiger partial charge in [-0.2, -0.15) is 0 Å². The third-order valence-corrected chi connectivity index (χ3v) is 2.73. The molecule has 0 radical (unpaired) electrons. The maximum Gasteiger partial charge on any atom is 0.254 e. The van der Waals surface area contributed by atoms with Crippen molar-refractivity contribution >= 4 is 21.6 Å². The molecule has 0 saturated heterocycles. The predicted octanol–water partition coefficient (Wildman–Crippen LogP) is 1.11. The molecule has 0 fully saturated rings. The summed E-state index contributed by atoms with van der Waals surface area (Å²) in [6.45, 7) is 1.55. The number of nitrogens with zero attached hydrogens (tertiary/aromatic N) is 1. The molecule has 6 heteroatoms. The summed E-state index contributed by atoms with van der Waals surface area (Å²) in [6, 6.07) is 0. The summed E-state index contributed by atoms with van der Waals surface area (Å²) in [4.78, 5) is 0. The fourth-order valence-electron chi connectivity index (χ4n) is 0.368. The van der Waals surface area contributed by atoms with Crippen molar-refractivity contribution in [2.75, 3.05) is 11.8 Å². The van der Waals surface area contributed by atoms with Crippen molar-refractivity contribution in [2.24, 2.45) is 0 Å². The molecule has 62 valence electrons. The molecule has 0 spiro atoms. The minimum absolute atomic E-state index is 0.130. The minimum Gasteiger partial charge on any atom is -0.209 e. The van der Waals surface area contributed by atoms with Crippen LogP contribution in [-0.2, 0) is 10.0 Å². The van der Waals surface area contributed by atoms with Crippen LogP contribution in [-0.4, -0.2) is 24.7 Å². The summed E-state index contributed by atoms with van der Waals surface area (Å²) in [5, 5.41) is -0.705. The molecule has 3 nitrogen and oxygen atoms in total. The molecule has 0 heterocycles. The number of alkyl halides is 1. The normalized spacial score (nSPS) is 12.4. The average Bonchev–Trinajstić information content (AvgIpc) is 1.89. The van der Waals surface area contributed by atoms with E-state index in [9.17, 15) is 12.9 Å². The smallest absolute Gasteiger partial charge is 0.209 e. The van der Waals surface area contributed by atoms with Gasteiger partial charge in [-0.25, -0.2) is 8.42 Å². The largest absolute Gasteiger partial charge is 0.254 e. The Morgan fingerprint density at radius 1 is 1.60 bits per heavy atom. The molecule has 0 aliphatic rings. The van der Waals surface area contributed by atoms with Gasteiger partial charge in [0.2, 0.25) is 0 Å². The lowest BCUT2D eigenvalue weighted by atomic mass is 10.5. The molecule has 0 aliphatic heterocycles. The second-order valence-electron chi connectivity index (χ2n) is 1.73. The van der Waals surface area contributed by atoms with Crippen molar-refractivity contribution < 1.29 is 12.9 Å². The van der Waals surface area contributed by atoms with Gasteiger partial charge in [-0.1, -0.05) is 6.92 Å². The zero-order valence-corrected chi connectivity index (χ0v) is 7.12. The highest BCUT2D eigenvalue weighted by atomic mass is 35.5. The zero-order chi connectivity index (χ0) is 8.20. The molecule has 0 aromatic rings. The summed E-state index contributed by atoms with van der Waals surface area (Å²) in [6.07, 6.45) is 0.437. The fraction of sp³-hybridized carbons (Fsp3) is 1.00. The summed E-state index contributed by atoms with van der Waals surface area (Å²) < 4.78 is 33.1. The zero-order valence-electron chi connectivity index (χ0n) is 5.55. The van der Waals surface area contributed by atoms with Crippen LogP contribution in [0.2, 0.25) is 0 Å². The Morgan fingerprint density at radius 3 is 2.40 bits per heavy atom. The van der Waals surface area contributed by atoms with E-state index in [1.807, 2.05) is 0 Å². The van der Waals surface area contributed by atoms with Gasteiger partial charge in [-0.15, -0.1) is 16.1 Å². The maximum atomic E-state index is 12.3. The van der Waals surface area contributed by atoms with E-state index >= 15 is 0 Å². The lowest BCUT2D eigenvalue weighted by molar-refractivity contribution is 0.140. The Balaban J connectivity index is 4.06. The van der Waals surface area contributed by atoms with Crippen molar-refractivity contribution in [1.82, 2.24) is 4.53 Å². The standard InChI is InChI=1S/C4H9ClFNO2S/c1-2-3-7(6)10(8,9)4-5/h2-4H2,1H3. The number of hydrogen-bond acceptors (Lipinski definition) is 2. The van der Waals surface area contributed by atoms with Crippen LogP contribution in [0.1, 0.15) is 13.3 Å². The maximum absolute atomic E-state index is 12.3. The first-order chi connectivity index (χ1) is 4.54. The minimum atomic E-state index is -3.83. The van der Waals surface area contributed by atoms with E-state index in [4.69, 9.17) is 11.6 Å². The van der Waals surface area contributed by atoms with Gasteiger partial charge in [-0.3, -0.25) is 0 Å². The molecule has 0 aliphatic carbocycles. The molecule has 0 aromatic carbocycles. The van der Waals surface area contributed by atoms with Gasteiger partial charge in [-0.05, 0) is 10.9 Å². The highest BCUT2D eigenvalue weighted by Crippen LogP contribution is 2.04. The molecule has 10 heavy (non-hydrogen) atoms. The molecule has 0 N–H and O–H groups in total. The molecule has 0 bridgehead atoms. The highest BCUT2D eigenvalue weighted by molar-refractivity contribution is 7.90. The number of sulfonamides is 1. The van der Waals surface area contributed by atoms with Crippen molar-refractivity contribution in [3.63, 3.8) is 0 Å². The van der Waals surface area contributed by atoms with E-state index in [2.05, 4.69) is 0 Å². The Hall–Kier alpha value is 0.130. The lowest BCUT2D eigenvalue weighted by Gasteiger charge is -2.07. The van der Waals surface area contributed by atoms with Gasteiger partial charge in [0.1, 0.15) is 5.21 Å². The number of hydrogen-bond donors (Lipinski definition) is 0. The van der Waals surface area contributed by atoms with Crippen molar-refractivity contribution in [1.29, 1.82) is 0 Å². The predicted molar refractivity (Wildman–Crippen MR) is 37.7 cm³/mol. The van der Waals surface area contributed by atoms with Crippen molar-refractivity contribution in [3.8, 4) is 0 Å². The van der Waals surface area contributed by atoms with Crippen LogP contribution in [0.3, 0.4) is 0 Å². The van der Waals surface area contributed by atoms with Crippen molar-refractivity contribution in [2.45, 2.75) is 13.3 Å². The van der Waals surface area contributed by atoms with Gasteiger partial charge in [0.15, 0.2) is 0 Å². The van der Waals surface area contributed by atoms with Gasteiger partial charge >= 0.3 is 0 Å². The molecule has 0 rings (SSSR count). The van der Waals surface area contributed by atoms with Crippen molar-refractivity contribution in [3.05, 3.63) is 0 Å². The fourth-order valence-corrected chi connectivity index (χ4v) is 1.25. The monoisotopic (exact) mass is 189 g/mol. The number of halogens is 2. The average molecular weight is 190 g/mol. The summed E-state index contributed by atoms with van der Waals surface area (Å²) in [5.74, 6) is 0. The molecule has 0 aromatic heterocycles. The summed E-state index contributed by atoms with van der Waals surface area (Å²) in [7, 11) is -3.83. The molecule has 0 unspecified atom stereocenters. The number of rotatable bonds is 4. The first-order valence-corrected chi connectivity index (χ1v) is 4.91. The van der Waals surface area contributed by atoms with Crippen LogP contribution >= 0.6 is 11.6 Å². The van der Waals surface area contributed by atoms with E-state index in [1.165, 1.54) is 0 Å².